The van der Waals surface area contributed by atoms with E-state index in [0.29, 0.717) is 30.6 Å². The Morgan fingerprint density at radius 2 is 2.18 bits per heavy atom. The van der Waals surface area contributed by atoms with Crippen LogP contribution in [0, 0.1) is 17.8 Å². The molecular formula is C22H20N2O4. The Labute approximate surface area is 163 Å². The smallest absolute Gasteiger partial charge is 0.256 e. The van der Waals surface area contributed by atoms with E-state index >= 15 is 0 Å². The van der Waals surface area contributed by atoms with E-state index in [1.807, 2.05) is 11.0 Å². The molecule has 0 radical (unpaired) electrons. The third kappa shape index (κ3) is 3.70. The Balaban J connectivity index is 1.47. The first-order valence-corrected chi connectivity index (χ1v) is 9.33. The van der Waals surface area contributed by atoms with Crippen LogP contribution in [-0.2, 0) is 6.42 Å². The Hall–Kier alpha value is -3.33. The van der Waals surface area contributed by atoms with Gasteiger partial charge in [-0.2, -0.15) is 0 Å². The highest BCUT2D eigenvalue weighted by Crippen LogP contribution is 2.28. The van der Waals surface area contributed by atoms with Gasteiger partial charge in [0.25, 0.3) is 5.91 Å². The molecule has 1 aliphatic carbocycles. The van der Waals surface area contributed by atoms with Gasteiger partial charge in [-0.05, 0) is 37.1 Å². The lowest BCUT2D eigenvalue weighted by Gasteiger charge is -2.26. The molecule has 6 heteroatoms. The number of hydrogen-bond acceptors (Lipinski definition) is 5. The lowest BCUT2D eigenvalue weighted by Crippen LogP contribution is -2.39. The van der Waals surface area contributed by atoms with Crippen LogP contribution in [0.5, 0.6) is 11.5 Å². The number of hydrogen-bond donors (Lipinski definition) is 1. The van der Waals surface area contributed by atoms with Crippen molar-refractivity contribution >= 4 is 12.2 Å². The number of aldehydes is 1. The molecule has 1 fully saturated rings. The zero-order valence-corrected chi connectivity index (χ0v) is 15.3. The number of aromatic hydroxyl groups is 1. The number of ether oxygens (including phenoxy) is 1. The summed E-state index contributed by atoms with van der Waals surface area (Å²) in [4.78, 5) is 30.6. The van der Waals surface area contributed by atoms with Crippen molar-refractivity contribution in [1.29, 1.82) is 0 Å². The van der Waals surface area contributed by atoms with Gasteiger partial charge in [-0.25, -0.2) is 0 Å². The lowest BCUT2D eigenvalue weighted by atomic mass is 10.1. The van der Waals surface area contributed by atoms with Crippen molar-refractivity contribution in [1.82, 2.24) is 9.88 Å². The van der Waals surface area contributed by atoms with Crippen LogP contribution in [0.2, 0.25) is 0 Å². The maximum absolute atomic E-state index is 13.2. The molecule has 1 atom stereocenters. The first kappa shape index (κ1) is 18.1. The molecule has 1 aromatic carbocycles. The van der Waals surface area contributed by atoms with Crippen molar-refractivity contribution in [2.75, 3.05) is 13.2 Å². The lowest BCUT2D eigenvalue weighted by molar-refractivity contribution is 0.0688. The maximum atomic E-state index is 13.2. The van der Waals surface area contributed by atoms with E-state index in [1.165, 1.54) is 6.07 Å². The molecule has 1 N–H and O–H groups in total. The van der Waals surface area contributed by atoms with E-state index in [0.717, 1.165) is 18.5 Å². The minimum Gasteiger partial charge on any atom is -0.507 e. The second-order valence-corrected chi connectivity index (χ2v) is 6.96. The number of phenols is 1. The van der Waals surface area contributed by atoms with Gasteiger partial charge >= 0.3 is 0 Å². The van der Waals surface area contributed by atoms with Crippen LogP contribution in [0.15, 0.2) is 36.5 Å². The van der Waals surface area contributed by atoms with E-state index < -0.39 is 0 Å². The van der Waals surface area contributed by atoms with Gasteiger partial charge in [0.15, 0.2) is 6.29 Å². The predicted molar refractivity (Wildman–Crippen MR) is 102 cm³/mol. The van der Waals surface area contributed by atoms with E-state index in [9.17, 15) is 14.7 Å². The third-order valence-electron chi connectivity index (χ3n) is 5.10. The highest BCUT2D eigenvalue weighted by Gasteiger charge is 2.32. The van der Waals surface area contributed by atoms with Crippen LogP contribution in [0.1, 0.15) is 39.3 Å². The molecule has 0 spiro atoms. The fraction of sp³-hybridized carbons (Fsp3) is 0.318. The fourth-order valence-corrected chi connectivity index (χ4v) is 3.54. The number of rotatable bonds is 7. The van der Waals surface area contributed by atoms with Crippen LogP contribution >= 0.6 is 0 Å². The maximum Gasteiger partial charge on any atom is 0.256 e. The first-order valence-electron chi connectivity index (χ1n) is 9.33. The topological polar surface area (TPSA) is 79.7 Å². The molecule has 28 heavy (non-hydrogen) atoms. The van der Waals surface area contributed by atoms with Gasteiger partial charge in [0, 0.05) is 19.2 Å². The zero-order chi connectivity index (χ0) is 19.5. The Morgan fingerprint density at radius 1 is 1.32 bits per heavy atom. The number of benzene rings is 1. The summed E-state index contributed by atoms with van der Waals surface area (Å²) in [7, 11) is 0. The van der Waals surface area contributed by atoms with Crippen LogP contribution in [-0.4, -0.2) is 46.4 Å². The number of pyridine rings is 1. The van der Waals surface area contributed by atoms with Crippen molar-refractivity contribution < 1.29 is 19.4 Å². The highest BCUT2D eigenvalue weighted by atomic mass is 16.5. The van der Waals surface area contributed by atoms with Crippen molar-refractivity contribution in [3.63, 3.8) is 0 Å². The molecule has 0 unspecified atom stereocenters. The summed E-state index contributed by atoms with van der Waals surface area (Å²) in [5.74, 6) is 6.30. The van der Waals surface area contributed by atoms with Crippen LogP contribution in [0.4, 0.5) is 0 Å². The van der Waals surface area contributed by atoms with E-state index in [1.54, 1.807) is 24.4 Å². The summed E-state index contributed by atoms with van der Waals surface area (Å²) in [6.07, 6.45) is 4.62. The molecule has 142 valence electrons. The number of phenolic OH excluding ortho intramolecular Hbond substituents is 1. The number of carbonyl (C=O) groups is 2. The summed E-state index contributed by atoms with van der Waals surface area (Å²) in [6.45, 7) is 0.916. The van der Waals surface area contributed by atoms with Crippen LogP contribution < -0.4 is 4.74 Å². The second-order valence-electron chi connectivity index (χ2n) is 6.96. The van der Waals surface area contributed by atoms with Crippen LogP contribution in [0.25, 0.3) is 0 Å². The average Bonchev–Trinajstić information content (AvgIpc) is 3.40. The van der Waals surface area contributed by atoms with Crippen molar-refractivity contribution in [3.8, 4) is 23.3 Å². The normalized spacial score (nSPS) is 17.7. The molecule has 2 aromatic rings. The summed E-state index contributed by atoms with van der Waals surface area (Å²) in [6, 6.07) is 8.18. The van der Waals surface area contributed by atoms with E-state index in [2.05, 4.69) is 16.8 Å². The minimum atomic E-state index is -0.117. The van der Waals surface area contributed by atoms with Gasteiger partial charge in [0.05, 0.1) is 28.8 Å². The number of carbonyl (C=O) groups excluding carboxylic acids is 2. The molecule has 1 amide bonds. The van der Waals surface area contributed by atoms with Gasteiger partial charge < -0.3 is 14.7 Å². The molecule has 1 aromatic heterocycles. The van der Waals surface area contributed by atoms with Crippen molar-refractivity contribution in [2.24, 2.45) is 5.92 Å². The highest BCUT2D eigenvalue weighted by molar-refractivity contribution is 5.95. The third-order valence-corrected chi connectivity index (χ3v) is 5.10. The molecular weight excluding hydrogens is 356 g/mol. The minimum absolute atomic E-state index is 0.0543. The van der Waals surface area contributed by atoms with E-state index in [-0.39, 0.29) is 35.8 Å². The van der Waals surface area contributed by atoms with Gasteiger partial charge in [0.2, 0.25) is 0 Å². The largest absolute Gasteiger partial charge is 0.507 e. The molecule has 1 aliphatic heterocycles. The monoisotopic (exact) mass is 376 g/mol. The van der Waals surface area contributed by atoms with E-state index in [4.69, 9.17) is 4.74 Å². The Bertz CT molecular complexity index is 968. The number of nitrogens with zero attached hydrogens (tertiary/aromatic N) is 2. The quantitative estimate of drug-likeness (QED) is 0.593. The summed E-state index contributed by atoms with van der Waals surface area (Å²) in [5, 5.41) is 9.79. The summed E-state index contributed by atoms with van der Waals surface area (Å²) in [5.41, 5.74) is 1.49. The van der Waals surface area contributed by atoms with Gasteiger partial charge in [-0.15, -0.1) is 0 Å². The van der Waals surface area contributed by atoms with Crippen molar-refractivity contribution in [2.45, 2.75) is 25.3 Å². The second kappa shape index (κ2) is 7.73. The summed E-state index contributed by atoms with van der Waals surface area (Å²) >= 11 is 0. The molecule has 6 nitrogen and oxygen atoms in total. The molecule has 2 aliphatic rings. The number of amides is 1. The zero-order valence-electron chi connectivity index (χ0n) is 15.3. The molecule has 2 heterocycles. The predicted octanol–water partition coefficient (Wildman–Crippen LogP) is 2.46. The molecule has 1 saturated heterocycles. The Kier molecular flexibility index (Phi) is 4.98. The SMILES string of the molecule is O=Cc1c(O)cccc1OC[C@@H]1CCCN1C(=O)c1cccnc1CC1C#C1. The molecule has 0 saturated carbocycles. The molecule has 4 rings (SSSR count). The number of likely N-dealkylation sites (tertiary alicyclic amines) is 1. The van der Waals surface area contributed by atoms with Gasteiger partial charge in [0.1, 0.15) is 18.1 Å². The van der Waals surface area contributed by atoms with Crippen LogP contribution in [0.3, 0.4) is 0 Å². The van der Waals surface area contributed by atoms with Crippen molar-refractivity contribution in [3.05, 3.63) is 53.3 Å². The first-order chi connectivity index (χ1) is 13.7. The summed E-state index contributed by atoms with van der Waals surface area (Å²) < 4.78 is 5.79. The van der Waals surface area contributed by atoms with Gasteiger partial charge in [-0.3, -0.25) is 14.6 Å². The average molecular weight is 376 g/mol. The molecule has 0 bridgehead atoms. The Morgan fingerprint density at radius 3 is 2.96 bits per heavy atom. The van der Waals surface area contributed by atoms with Gasteiger partial charge in [-0.1, -0.05) is 17.9 Å². The number of aromatic nitrogens is 1. The fourth-order valence-electron chi connectivity index (χ4n) is 3.54. The standard InChI is InChI=1S/C22H20N2O4/c25-13-18-20(26)6-1-7-21(18)28-14-16-4-3-11-24(16)22(27)17-5-2-10-23-19(17)12-15-8-9-15/h1-2,5-7,10,13,15-16,26H,3-4,11-12,14H2/t16-/m0/s1.